The van der Waals surface area contributed by atoms with Crippen LogP contribution in [0.4, 0.5) is 18.9 Å². The molecular formula is C17H20F3N5O. The molecule has 0 atom stereocenters. The van der Waals surface area contributed by atoms with E-state index >= 15 is 0 Å². The number of alkyl halides is 3. The average Bonchev–Trinajstić information content (AvgIpc) is 3.24. The highest BCUT2D eigenvalue weighted by atomic mass is 19.4. The minimum atomic E-state index is -4.71. The van der Waals surface area contributed by atoms with Crippen LogP contribution in [-0.4, -0.2) is 22.1 Å². The summed E-state index contributed by atoms with van der Waals surface area (Å²) in [5, 5.41) is 7.34. The molecule has 1 aliphatic rings. The molecule has 3 N–H and O–H groups in total. The molecule has 0 spiro atoms. The summed E-state index contributed by atoms with van der Waals surface area (Å²) in [4.78, 5) is 4.21. The minimum absolute atomic E-state index is 0.157. The molecule has 0 saturated heterocycles. The Kier molecular flexibility index (Phi) is 5.34. The number of anilines is 1. The molecule has 1 aliphatic carbocycles. The fraction of sp³-hybridized carbons (Fsp3) is 0.412. The summed E-state index contributed by atoms with van der Waals surface area (Å²) in [5.74, 6) is -0.138. The van der Waals surface area contributed by atoms with Crippen molar-refractivity contribution in [3.63, 3.8) is 0 Å². The lowest BCUT2D eigenvalue weighted by molar-refractivity contribution is -0.274. The molecule has 0 radical (unpaired) electrons. The summed E-state index contributed by atoms with van der Waals surface area (Å²) < 4.78 is 42.2. The van der Waals surface area contributed by atoms with Crippen LogP contribution in [0.15, 0.2) is 41.5 Å². The largest absolute Gasteiger partial charge is 0.573 e. The number of guanidine groups is 1. The Balaban J connectivity index is 1.53. The summed E-state index contributed by atoms with van der Waals surface area (Å²) in [5.41, 5.74) is 7.14. The lowest BCUT2D eigenvalue weighted by Crippen LogP contribution is -2.22. The van der Waals surface area contributed by atoms with Crippen molar-refractivity contribution in [3.05, 3.63) is 42.2 Å². The number of aromatic nitrogens is 2. The van der Waals surface area contributed by atoms with E-state index in [2.05, 4.69) is 20.1 Å². The lowest BCUT2D eigenvalue weighted by Gasteiger charge is -2.10. The first kappa shape index (κ1) is 18.1. The van der Waals surface area contributed by atoms with Crippen molar-refractivity contribution >= 4 is 11.6 Å². The summed E-state index contributed by atoms with van der Waals surface area (Å²) in [6.07, 6.45) is 2.04. The van der Waals surface area contributed by atoms with Crippen LogP contribution in [-0.2, 0) is 6.54 Å². The zero-order chi connectivity index (χ0) is 18.6. The maximum Gasteiger partial charge on any atom is 0.573 e. The molecule has 1 heterocycles. The second-order valence-electron chi connectivity index (χ2n) is 6.12. The van der Waals surface area contributed by atoms with Crippen LogP contribution in [0.5, 0.6) is 5.75 Å². The summed E-state index contributed by atoms with van der Waals surface area (Å²) >= 11 is 0. The molecule has 1 aromatic heterocycles. The van der Waals surface area contributed by atoms with Crippen molar-refractivity contribution in [2.24, 2.45) is 10.7 Å². The van der Waals surface area contributed by atoms with E-state index in [9.17, 15) is 13.2 Å². The van der Waals surface area contributed by atoms with Crippen molar-refractivity contribution in [1.82, 2.24) is 9.78 Å². The van der Waals surface area contributed by atoms with Gasteiger partial charge in [0.25, 0.3) is 0 Å². The van der Waals surface area contributed by atoms with Gasteiger partial charge in [0.05, 0.1) is 18.3 Å². The molecule has 1 saturated carbocycles. The molecule has 6 nitrogen and oxygen atoms in total. The van der Waals surface area contributed by atoms with Crippen molar-refractivity contribution in [1.29, 1.82) is 0 Å². The maximum absolute atomic E-state index is 12.1. The van der Waals surface area contributed by atoms with Crippen LogP contribution in [0.1, 0.15) is 37.4 Å². The number of aliphatic imine (C=N–C) groups is 1. The third-order valence-corrected chi connectivity index (χ3v) is 4.13. The van der Waals surface area contributed by atoms with Gasteiger partial charge < -0.3 is 15.8 Å². The van der Waals surface area contributed by atoms with Gasteiger partial charge in [-0.1, -0.05) is 12.8 Å². The Bertz CT molecular complexity index is 749. The van der Waals surface area contributed by atoms with Gasteiger partial charge in [0.2, 0.25) is 0 Å². The minimum Gasteiger partial charge on any atom is -0.406 e. The highest BCUT2D eigenvalue weighted by Crippen LogP contribution is 2.28. The van der Waals surface area contributed by atoms with E-state index in [1.807, 2.05) is 16.9 Å². The maximum atomic E-state index is 12.1. The van der Waals surface area contributed by atoms with Gasteiger partial charge in [-0.2, -0.15) is 5.10 Å². The molecule has 1 aromatic carbocycles. The molecule has 0 amide bonds. The Morgan fingerprint density at radius 2 is 1.92 bits per heavy atom. The normalized spacial score (nSPS) is 16.0. The number of hydrogen-bond donors (Lipinski definition) is 2. The monoisotopic (exact) mass is 367 g/mol. The van der Waals surface area contributed by atoms with Gasteiger partial charge >= 0.3 is 6.36 Å². The molecule has 0 unspecified atom stereocenters. The van der Waals surface area contributed by atoms with Gasteiger partial charge in [-0.15, -0.1) is 13.2 Å². The van der Waals surface area contributed by atoms with E-state index in [-0.39, 0.29) is 11.7 Å². The Morgan fingerprint density at radius 3 is 2.58 bits per heavy atom. The van der Waals surface area contributed by atoms with Gasteiger partial charge in [-0.25, -0.2) is 4.99 Å². The third kappa shape index (κ3) is 5.14. The predicted molar refractivity (Wildman–Crippen MR) is 91.8 cm³/mol. The number of hydrogen-bond acceptors (Lipinski definition) is 3. The first-order chi connectivity index (χ1) is 12.4. The quantitative estimate of drug-likeness (QED) is 0.622. The molecule has 26 heavy (non-hydrogen) atoms. The number of rotatable bonds is 5. The molecule has 1 fully saturated rings. The van der Waals surface area contributed by atoms with Crippen LogP contribution in [0.25, 0.3) is 0 Å². The van der Waals surface area contributed by atoms with E-state index < -0.39 is 6.36 Å². The molecule has 0 bridgehead atoms. The van der Waals surface area contributed by atoms with Crippen molar-refractivity contribution in [2.45, 2.75) is 44.6 Å². The first-order valence-electron chi connectivity index (χ1n) is 8.36. The zero-order valence-electron chi connectivity index (χ0n) is 14.0. The van der Waals surface area contributed by atoms with Crippen molar-refractivity contribution < 1.29 is 17.9 Å². The zero-order valence-corrected chi connectivity index (χ0v) is 14.0. The molecule has 2 aromatic rings. The Morgan fingerprint density at radius 1 is 1.23 bits per heavy atom. The third-order valence-electron chi connectivity index (χ3n) is 4.13. The number of benzene rings is 1. The second kappa shape index (κ2) is 7.67. The standard InChI is InChI=1S/C17H20F3N5O/c18-17(19,20)26-15-7-5-12(6-8-15)23-16(21)22-11-13-9-10-25(24-13)14-3-1-2-4-14/h5-10,14H,1-4,11H2,(H3,21,22,23). The lowest BCUT2D eigenvalue weighted by atomic mass is 10.3. The van der Waals surface area contributed by atoms with Gasteiger partial charge in [0, 0.05) is 11.9 Å². The van der Waals surface area contributed by atoms with Crippen LogP contribution >= 0.6 is 0 Å². The van der Waals surface area contributed by atoms with Crippen LogP contribution < -0.4 is 15.8 Å². The number of nitrogens with two attached hydrogens (primary N) is 1. The van der Waals surface area contributed by atoms with Gasteiger partial charge in [0.15, 0.2) is 5.96 Å². The topological polar surface area (TPSA) is 77.5 Å². The summed E-state index contributed by atoms with van der Waals surface area (Å²) in [6.45, 7) is 0.327. The highest BCUT2D eigenvalue weighted by molar-refractivity contribution is 5.92. The van der Waals surface area contributed by atoms with Crippen molar-refractivity contribution in [3.8, 4) is 5.75 Å². The average molecular weight is 367 g/mol. The van der Waals surface area contributed by atoms with Crippen LogP contribution in [0, 0.1) is 0 Å². The number of nitrogens with one attached hydrogen (secondary N) is 1. The molecule has 140 valence electrons. The smallest absolute Gasteiger partial charge is 0.406 e. The van der Waals surface area contributed by atoms with E-state index in [4.69, 9.17) is 5.73 Å². The number of nitrogens with zero attached hydrogens (tertiary/aromatic N) is 3. The fourth-order valence-electron chi connectivity index (χ4n) is 2.93. The summed E-state index contributed by atoms with van der Waals surface area (Å²) in [6, 6.07) is 7.65. The molecular weight excluding hydrogens is 347 g/mol. The second-order valence-corrected chi connectivity index (χ2v) is 6.12. The van der Waals surface area contributed by atoms with E-state index in [1.54, 1.807) is 0 Å². The van der Waals surface area contributed by atoms with E-state index in [1.165, 1.54) is 37.1 Å². The molecule has 3 rings (SSSR count). The first-order valence-corrected chi connectivity index (χ1v) is 8.36. The molecule has 0 aliphatic heterocycles. The number of halogens is 3. The Hall–Kier alpha value is -2.71. The number of ether oxygens (including phenoxy) is 1. The van der Waals surface area contributed by atoms with Gasteiger partial charge in [-0.3, -0.25) is 4.68 Å². The van der Waals surface area contributed by atoms with E-state index in [0.717, 1.165) is 18.5 Å². The highest BCUT2D eigenvalue weighted by Gasteiger charge is 2.30. The van der Waals surface area contributed by atoms with Gasteiger partial charge in [-0.05, 0) is 43.2 Å². The van der Waals surface area contributed by atoms with Crippen molar-refractivity contribution in [2.75, 3.05) is 5.32 Å². The summed E-state index contributed by atoms with van der Waals surface area (Å²) in [7, 11) is 0. The SMILES string of the molecule is NC(=NCc1ccn(C2CCCC2)n1)Nc1ccc(OC(F)(F)F)cc1. The van der Waals surface area contributed by atoms with Crippen LogP contribution in [0.3, 0.4) is 0 Å². The molecule has 9 heteroatoms. The van der Waals surface area contributed by atoms with Crippen LogP contribution in [0.2, 0.25) is 0 Å². The predicted octanol–water partition coefficient (Wildman–Crippen LogP) is 3.82. The fourth-order valence-corrected chi connectivity index (χ4v) is 2.93. The van der Waals surface area contributed by atoms with E-state index in [0.29, 0.717) is 18.3 Å². The van der Waals surface area contributed by atoms with Gasteiger partial charge in [0.1, 0.15) is 5.75 Å². The Labute approximate surface area is 148 Å².